The summed E-state index contributed by atoms with van der Waals surface area (Å²) < 4.78 is 24.5. The zero-order valence-corrected chi connectivity index (χ0v) is 16.5. The van der Waals surface area contributed by atoms with Crippen molar-refractivity contribution in [2.75, 3.05) is 11.1 Å². The van der Waals surface area contributed by atoms with Gasteiger partial charge in [-0.05, 0) is 30.5 Å². The number of nitriles is 1. The van der Waals surface area contributed by atoms with Gasteiger partial charge in [-0.25, -0.2) is 13.4 Å². The molecule has 1 saturated carbocycles. The molecule has 1 heterocycles. The fourth-order valence-corrected chi connectivity index (χ4v) is 5.89. The van der Waals surface area contributed by atoms with Gasteiger partial charge in [0.25, 0.3) is 0 Å². The summed E-state index contributed by atoms with van der Waals surface area (Å²) in [6.07, 6.45) is 5.67. The maximum atomic E-state index is 12.2. The van der Waals surface area contributed by atoms with E-state index in [0.717, 1.165) is 36.1 Å². The molecule has 0 radical (unpaired) electrons. The van der Waals surface area contributed by atoms with Gasteiger partial charge >= 0.3 is 0 Å². The number of sulfone groups is 1. The van der Waals surface area contributed by atoms with Crippen LogP contribution in [0.3, 0.4) is 0 Å². The fourth-order valence-electron chi connectivity index (χ4n) is 3.18. The fraction of sp³-hybridized carbons (Fsp3) is 0.421. The molecule has 1 amide bonds. The molecule has 1 aliphatic carbocycles. The molecule has 0 unspecified atom stereocenters. The normalized spacial score (nSPS) is 14.8. The molecule has 1 aliphatic rings. The summed E-state index contributed by atoms with van der Waals surface area (Å²) in [4.78, 5) is 17.2. The van der Waals surface area contributed by atoms with Gasteiger partial charge in [-0.2, -0.15) is 5.26 Å². The molecule has 27 heavy (non-hydrogen) atoms. The Bertz CT molecular complexity index is 937. The molecule has 8 heteroatoms. The van der Waals surface area contributed by atoms with E-state index < -0.39 is 9.84 Å². The third-order valence-corrected chi connectivity index (χ3v) is 7.86. The Morgan fingerprint density at radius 3 is 2.63 bits per heavy atom. The number of anilines is 1. The average Bonchev–Trinajstić information content (AvgIpc) is 3.33. The number of nitrogens with zero attached hydrogens (tertiary/aromatic N) is 2. The Morgan fingerprint density at radius 2 is 1.96 bits per heavy atom. The van der Waals surface area contributed by atoms with Crippen molar-refractivity contribution in [2.45, 2.75) is 43.8 Å². The molecule has 0 spiro atoms. The predicted molar refractivity (Wildman–Crippen MR) is 105 cm³/mol. The van der Waals surface area contributed by atoms with Gasteiger partial charge in [-0.3, -0.25) is 4.79 Å². The lowest BCUT2D eigenvalue weighted by molar-refractivity contribution is -0.115. The number of aromatic nitrogens is 1. The summed E-state index contributed by atoms with van der Waals surface area (Å²) >= 11 is 1.37. The summed E-state index contributed by atoms with van der Waals surface area (Å²) in [5, 5.41) is 11.7. The van der Waals surface area contributed by atoms with Crippen LogP contribution in [0.5, 0.6) is 0 Å². The number of carbonyl (C=O) groups is 1. The Labute approximate surface area is 163 Å². The van der Waals surface area contributed by atoms with E-state index in [4.69, 9.17) is 5.26 Å². The summed E-state index contributed by atoms with van der Waals surface area (Å²) in [6, 6.07) is 9.41. The van der Waals surface area contributed by atoms with Crippen LogP contribution in [0, 0.1) is 11.3 Å². The van der Waals surface area contributed by atoms with Gasteiger partial charge in [0.15, 0.2) is 15.0 Å². The largest absolute Gasteiger partial charge is 0.302 e. The molecule has 2 aromatic rings. The first-order valence-electron chi connectivity index (χ1n) is 8.91. The first kappa shape index (κ1) is 19.5. The van der Waals surface area contributed by atoms with E-state index in [1.54, 1.807) is 18.3 Å². The van der Waals surface area contributed by atoms with Crippen LogP contribution in [0.15, 0.2) is 30.5 Å². The van der Waals surface area contributed by atoms with E-state index in [9.17, 15) is 13.2 Å². The first-order chi connectivity index (χ1) is 13.0. The van der Waals surface area contributed by atoms with Gasteiger partial charge < -0.3 is 5.32 Å². The van der Waals surface area contributed by atoms with Gasteiger partial charge in [0.1, 0.15) is 0 Å². The number of amides is 1. The number of hydrogen-bond acceptors (Lipinski definition) is 6. The highest BCUT2D eigenvalue weighted by atomic mass is 32.2. The van der Waals surface area contributed by atoms with E-state index >= 15 is 0 Å². The molecule has 6 nitrogen and oxygen atoms in total. The van der Waals surface area contributed by atoms with Crippen LogP contribution in [0.2, 0.25) is 0 Å². The smallest absolute Gasteiger partial charge is 0.227 e. The maximum Gasteiger partial charge on any atom is 0.227 e. The lowest BCUT2D eigenvalue weighted by Gasteiger charge is -2.10. The molecule has 0 bridgehead atoms. The average molecular weight is 404 g/mol. The zero-order valence-electron chi connectivity index (χ0n) is 14.8. The highest BCUT2D eigenvalue weighted by molar-refractivity contribution is 7.92. The van der Waals surface area contributed by atoms with Crippen LogP contribution in [0.1, 0.15) is 48.1 Å². The van der Waals surface area contributed by atoms with Crippen LogP contribution >= 0.6 is 11.3 Å². The Hall–Kier alpha value is -2.24. The lowest BCUT2D eigenvalue weighted by atomic mass is 10.1. The molecule has 1 aromatic heterocycles. The quantitative estimate of drug-likeness (QED) is 0.764. The van der Waals surface area contributed by atoms with Gasteiger partial charge in [0.2, 0.25) is 5.91 Å². The third kappa shape index (κ3) is 5.37. The topological polar surface area (TPSA) is 99.9 Å². The highest BCUT2D eigenvalue weighted by Gasteiger charge is 2.28. The molecular formula is C19H21N3O3S2. The number of benzene rings is 1. The Balaban J connectivity index is 1.50. The maximum absolute atomic E-state index is 12.2. The van der Waals surface area contributed by atoms with E-state index in [1.807, 2.05) is 12.1 Å². The third-order valence-electron chi connectivity index (χ3n) is 4.69. The standard InChI is InChI=1S/C19H21N3O3S2/c20-12-15-7-5-14(6-8-15)11-16-13-21-19(26-16)22-18(23)9-10-27(24,25)17-3-1-2-4-17/h5-8,13,17H,1-4,9-11H2,(H,21,22,23). The molecule has 0 aliphatic heterocycles. The van der Waals surface area contributed by atoms with E-state index in [1.165, 1.54) is 11.3 Å². The monoisotopic (exact) mass is 403 g/mol. The van der Waals surface area contributed by atoms with Crippen molar-refractivity contribution in [3.63, 3.8) is 0 Å². The highest BCUT2D eigenvalue weighted by Crippen LogP contribution is 2.26. The Morgan fingerprint density at radius 1 is 1.26 bits per heavy atom. The van der Waals surface area contributed by atoms with Crippen molar-refractivity contribution < 1.29 is 13.2 Å². The summed E-state index contributed by atoms with van der Waals surface area (Å²) in [7, 11) is -3.19. The van der Waals surface area contributed by atoms with Crippen LogP contribution in [-0.4, -0.2) is 30.3 Å². The van der Waals surface area contributed by atoms with Gasteiger partial charge in [0, 0.05) is 23.9 Å². The summed E-state index contributed by atoms with van der Waals surface area (Å²) in [5.41, 5.74) is 1.67. The van der Waals surface area contributed by atoms with Crippen molar-refractivity contribution in [1.82, 2.24) is 4.98 Å². The zero-order chi connectivity index (χ0) is 19.3. The predicted octanol–water partition coefficient (Wildman–Crippen LogP) is 3.29. The van der Waals surface area contributed by atoms with E-state index in [0.29, 0.717) is 17.1 Å². The summed E-state index contributed by atoms with van der Waals surface area (Å²) in [5.74, 6) is -0.427. The minimum Gasteiger partial charge on any atom is -0.302 e. The van der Waals surface area contributed by atoms with Crippen molar-refractivity contribution in [1.29, 1.82) is 5.26 Å². The minimum atomic E-state index is -3.19. The van der Waals surface area contributed by atoms with Crippen molar-refractivity contribution in [2.24, 2.45) is 0 Å². The van der Waals surface area contributed by atoms with Gasteiger partial charge in [-0.1, -0.05) is 25.0 Å². The van der Waals surface area contributed by atoms with E-state index in [-0.39, 0.29) is 23.3 Å². The Kier molecular flexibility index (Phi) is 6.24. The molecule has 1 N–H and O–H groups in total. The van der Waals surface area contributed by atoms with Crippen molar-refractivity contribution in [3.8, 4) is 6.07 Å². The number of thiazole rings is 1. The second-order valence-corrected chi connectivity index (χ2v) is 10.2. The second-order valence-electron chi connectivity index (χ2n) is 6.69. The minimum absolute atomic E-state index is 0.0383. The molecular weight excluding hydrogens is 382 g/mol. The van der Waals surface area contributed by atoms with Gasteiger partial charge in [-0.15, -0.1) is 11.3 Å². The van der Waals surface area contributed by atoms with Crippen LogP contribution in [0.25, 0.3) is 0 Å². The van der Waals surface area contributed by atoms with Crippen LogP contribution in [0.4, 0.5) is 5.13 Å². The van der Waals surface area contributed by atoms with Gasteiger partial charge in [0.05, 0.1) is 22.6 Å². The molecule has 0 atom stereocenters. The van der Waals surface area contributed by atoms with Crippen molar-refractivity contribution in [3.05, 3.63) is 46.5 Å². The number of hydrogen-bond donors (Lipinski definition) is 1. The van der Waals surface area contributed by atoms with Crippen LogP contribution < -0.4 is 5.32 Å². The summed E-state index contributed by atoms with van der Waals surface area (Å²) in [6.45, 7) is 0. The SMILES string of the molecule is N#Cc1ccc(Cc2cnc(NC(=O)CCS(=O)(=O)C3CCCC3)s2)cc1. The first-order valence-corrected chi connectivity index (χ1v) is 11.4. The second kappa shape index (κ2) is 8.63. The number of nitrogens with one attached hydrogen (secondary N) is 1. The number of carbonyl (C=O) groups excluding carboxylic acids is 1. The lowest BCUT2D eigenvalue weighted by Crippen LogP contribution is -2.24. The van der Waals surface area contributed by atoms with Crippen molar-refractivity contribution >= 4 is 32.2 Å². The number of rotatable bonds is 7. The van der Waals surface area contributed by atoms with E-state index in [2.05, 4.69) is 16.4 Å². The molecule has 3 rings (SSSR count). The van der Waals surface area contributed by atoms with Crippen LogP contribution in [-0.2, 0) is 21.1 Å². The molecule has 1 fully saturated rings. The molecule has 0 saturated heterocycles. The molecule has 1 aromatic carbocycles. The molecule has 142 valence electrons.